The standard InChI is InChI=1S/C20H28N2O5S/c1-25-19(24)17-14-5-3-2-4-6-15(14)28-18(17)21-16(23)13-22-9-7-20(8-10-22)26-11-12-27-20/h2-13H2,1H3,(H,21,23). The van der Waals surface area contributed by atoms with Crippen LogP contribution in [0.2, 0.25) is 0 Å². The fraction of sp³-hybridized carbons (Fsp3) is 0.700. The zero-order valence-corrected chi connectivity index (χ0v) is 17.2. The summed E-state index contributed by atoms with van der Waals surface area (Å²) in [6.45, 7) is 3.13. The molecule has 8 heteroatoms. The molecular formula is C20H28N2O5S. The number of carbonyl (C=O) groups excluding carboxylic acids is 2. The maximum atomic E-state index is 12.7. The van der Waals surface area contributed by atoms with Gasteiger partial charge in [-0.1, -0.05) is 6.42 Å². The second kappa shape index (κ2) is 8.49. The smallest absolute Gasteiger partial charge is 0.341 e. The number of thiophene rings is 1. The molecule has 1 spiro atoms. The van der Waals surface area contributed by atoms with Crippen molar-refractivity contribution < 1.29 is 23.8 Å². The van der Waals surface area contributed by atoms with E-state index in [1.807, 2.05) is 0 Å². The van der Waals surface area contributed by atoms with E-state index in [0.29, 0.717) is 30.3 Å². The number of likely N-dealkylation sites (tertiary alicyclic amines) is 1. The van der Waals surface area contributed by atoms with Gasteiger partial charge in [-0.25, -0.2) is 4.79 Å². The Morgan fingerprint density at radius 1 is 1.14 bits per heavy atom. The summed E-state index contributed by atoms with van der Waals surface area (Å²) in [6.07, 6.45) is 6.77. The summed E-state index contributed by atoms with van der Waals surface area (Å²) in [4.78, 5) is 28.4. The lowest BCUT2D eigenvalue weighted by Crippen LogP contribution is -2.47. The topological polar surface area (TPSA) is 77.1 Å². The average Bonchev–Trinajstić information content (AvgIpc) is 3.21. The lowest BCUT2D eigenvalue weighted by Gasteiger charge is -2.37. The van der Waals surface area contributed by atoms with Crippen molar-refractivity contribution in [2.24, 2.45) is 0 Å². The Labute approximate surface area is 169 Å². The molecule has 0 atom stereocenters. The summed E-state index contributed by atoms with van der Waals surface area (Å²) in [5.74, 6) is -0.882. The number of aryl methyl sites for hydroxylation is 1. The van der Waals surface area contributed by atoms with Crippen LogP contribution in [0.25, 0.3) is 0 Å². The maximum absolute atomic E-state index is 12.7. The number of esters is 1. The van der Waals surface area contributed by atoms with E-state index in [4.69, 9.17) is 14.2 Å². The first kappa shape index (κ1) is 19.8. The molecule has 0 saturated carbocycles. The minimum Gasteiger partial charge on any atom is -0.465 e. The second-order valence-electron chi connectivity index (χ2n) is 7.69. The minimum atomic E-state index is -0.434. The van der Waals surface area contributed by atoms with Crippen molar-refractivity contribution in [1.82, 2.24) is 4.90 Å². The van der Waals surface area contributed by atoms with Crippen LogP contribution in [0.5, 0.6) is 0 Å². The maximum Gasteiger partial charge on any atom is 0.341 e. The number of nitrogens with zero attached hydrogens (tertiary/aromatic N) is 1. The third-order valence-electron chi connectivity index (χ3n) is 5.86. The van der Waals surface area contributed by atoms with Crippen molar-refractivity contribution in [1.29, 1.82) is 0 Å². The van der Waals surface area contributed by atoms with Crippen LogP contribution in [0.1, 0.15) is 52.9 Å². The Morgan fingerprint density at radius 3 is 2.57 bits per heavy atom. The van der Waals surface area contributed by atoms with Crippen LogP contribution in [-0.2, 0) is 31.8 Å². The van der Waals surface area contributed by atoms with Crippen LogP contribution in [0, 0.1) is 0 Å². The Morgan fingerprint density at radius 2 is 1.86 bits per heavy atom. The van der Waals surface area contributed by atoms with Crippen LogP contribution < -0.4 is 5.32 Å². The van der Waals surface area contributed by atoms with Crippen molar-refractivity contribution in [2.75, 3.05) is 45.3 Å². The van der Waals surface area contributed by atoms with Gasteiger partial charge in [0.2, 0.25) is 5.91 Å². The fourth-order valence-electron chi connectivity index (χ4n) is 4.36. The Hall–Kier alpha value is -1.48. The van der Waals surface area contributed by atoms with Gasteiger partial charge >= 0.3 is 5.97 Å². The van der Waals surface area contributed by atoms with Crippen LogP contribution in [0.3, 0.4) is 0 Å². The van der Waals surface area contributed by atoms with Gasteiger partial charge in [0.15, 0.2) is 5.79 Å². The predicted octanol–water partition coefficient (Wildman–Crippen LogP) is 2.58. The third-order valence-corrected chi connectivity index (χ3v) is 7.07. The third kappa shape index (κ3) is 4.10. The molecule has 0 bridgehead atoms. The number of fused-ring (bicyclic) bond motifs is 1. The summed E-state index contributed by atoms with van der Waals surface area (Å²) in [5, 5.41) is 3.62. The van der Waals surface area contributed by atoms with E-state index in [1.54, 1.807) is 0 Å². The summed E-state index contributed by atoms with van der Waals surface area (Å²) in [5.41, 5.74) is 1.63. The molecule has 3 aliphatic rings. The molecule has 154 valence electrons. The molecule has 28 heavy (non-hydrogen) atoms. The molecule has 1 aromatic heterocycles. The average molecular weight is 409 g/mol. The highest BCUT2D eigenvalue weighted by atomic mass is 32.1. The molecule has 1 aliphatic carbocycles. The molecule has 1 N–H and O–H groups in total. The first-order chi connectivity index (χ1) is 13.6. The second-order valence-corrected chi connectivity index (χ2v) is 8.80. The summed E-state index contributed by atoms with van der Waals surface area (Å²) < 4.78 is 16.5. The van der Waals surface area contributed by atoms with Gasteiger partial charge in [0.1, 0.15) is 5.00 Å². The Balaban J connectivity index is 1.41. The van der Waals surface area contributed by atoms with Gasteiger partial charge in [-0.2, -0.15) is 0 Å². The highest BCUT2D eigenvalue weighted by Gasteiger charge is 2.40. The predicted molar refractivity (Wildman–Crippen MR) is 106 cm³/mol. The molecular weight excluding hydrogens is 380 g/mol. The van der Waals surface area contributed by atoms with E-state index < -0.39 is 5.79 Å². The van der Waals surface area contributed by atoms with E-state index in [1.165, 1.54) is 29.7 Å². The molecule has 2 aliphatic heterocycles. The van der Waals surface area contributed by atoms with Gasteiger partial charge in [0, 0.05) is 30.8 Å². The number of piperidine rings is 1. The molecule has 7 nitrogen and oxygen atoms in total. The minimum absolute atomic E-state index is 0.0919. The van der Waals surface area contributed by atoms with Crippen molar-refractivity contribution in [2.45, 2.75) is 50.7 Å². The van der Waals surface area contributed by atoms with E-state index >= 15 is 0 Å². The lowest BCUT2D eigenvalue weighted by atomic mass is 10.0. The number of rotatable bonds is 4. The highest BCUT2D eigenvalue weighted by molar-refractivity contribution is 7.17. The molecule has 0 aromatic carbocycles. The Kier molecular flexibility index (Phi) is 6.01. The summed E-state index contributed by atoms with van der Waals surface area (Å²) in [7, 11) is 1.39. The molecule has 0 unspecified atom stereocenters. The molecule has 1 amide bonds. The van der Waals surface area contributed by atoms with Crippen LogP contribution in [0.4, 0.5) is 5.00 Å². The van der Waals surface area contributed by atoms with Gasteiger partial charge < -0.3 is 19.5 Å². The van der Waals surface area contributed by atoms with E-state index in [2.05, 4.69) is 10.2 Å². The van der Waals surface area contributed by atoms with E-state index in [-0.39, 0.29) is 11.9 Å². The SMILES string of the molecule is COC(=O)c1c(NC(=O)CN2CCC3(CC2)OCCO3)sc2c1CCCCC2. The molecule has 1 aromatic rings. The number of hydrogen-bond donors (Lipinski definition) is 1. The highest BCUT2D eigenvalue weighted by Crippen LogP contribution is 2.38. The summed E-state index contributed by atoms with van der Waals surface area (Å²) in [6, 6.07) is 0. The molecule has 0 radical (unpaired) electrons. The number of methoxy groups -OCH3 is 1. The van der Waals surface area contributed by atoms with Gasteiger partial charge in [-0.15, -0.1) is 11.3 Å². The van der Waals surface area contributed by atoms with Crippen molar-refractivity contribution in [3.05, 3.63) is 16.0 Å². The number of amides is 1. The van der Waals surface area contributed by atoms with Gasteiger partial charge in [-0.05, 0) is 31.2 Å². The molecule has 2 fully saturated rings. The zero-order chi connectivity index (χ0) is 19.6. The fourth-order valence-corrected chi connectivity index (χ4v) is 5.65. The van der Waals surface area contributed by atoms with Gasteiger partial charge in [0.25, 0.3) is 0 Å². The largest absolute Gasteiger partial charge is 0.465 e. The number of ether oxygens (including phenoxy) is 3. The molecule has 3 heterocycles. The first-order valence-corrected chi connectivity index (χ1v) is 10.9. The van der Waals surface area contributed by atoms with Crippen molar-refractivity contribution >= 4 is 28.2 Å². The van der Waals surface area contributed by atoms with Gasteiger partial charge in [-0.3, -0.25) is 9.69 Å². The molecule has 2 saturated heterocycles. The van der Waals surface area contributed by atoms with Crippen LogP contribution in [-0.4, -0.2) is 62.5 Å². The van der Waals surface area contributed by atoms with E-state index in [9.17, 15) is 9.59 Å². The number of carbonyl (C=O) groups is 2. The molecule has 4 rings (SSSR count). The number of anilines is 1. The first-order valence-electron chi connectivity index (χ1n) is 10.1. The van der Waals surface area contributed by atoms with Crippen molar-refractivity contribution in [3.63, 3.8) is 0 Å². The van der Waals surface area contributed by atoms with Gasteiger partial charge in [0.05, 0.1) is 32.4 Å². The van der Waals surface area contributed by atoms with Crippen LogP contribution >= 0.6 is 11.3 Å². The Bertz CT molecular complexity index is 731. The van der Waals surface area contributed by atoms with Crippen molar-refractivity contribution in [3.8, 4) is 0 Å². The lowest BCUT2D eigenvalue weighted by molar-refractivity contribution is -0.185. The monoisotopic (exact) mass is 408 g/mol. The number of nitrogens with one attached hydrogen (secondary N) is 1. The van der Waals surface area contributed by atoms with E-state index in [0.717, 1.165) is 57.2 Å². The van der Waals surface area contributed by atoms with Crippen LogP contribution in [0.15, 0.2) is 0 Å². The quantitative estimate of drug-likeness (QED) is 0.610. The zero-order valence-electron chi connectivity index (χ0n) is 16.4. The normalized spacial score (nSPS) is 21.9. The number of hydrogen-bond acceptors (Lipinski definition) is 7. The summed E-state index contributed by atoms with van der Waals surface area (Å²) >= 11 is 1.53.